The van der Waals surface area contributed by atoms with Gasteiger partial charge >= 0.3 is 5.97 Å². The van der Waals surface area contributed by atoms with Gasteiger partial charge in [0, 0.05) is 12.6 Å². The first-order chi connectivity index (χ1) is 6.72. The number of carboxylic acid groups (broad SMARTS) is 1. The van der Waals surface area contributed by atoms with Crippen molar-refractivity contribution < 1.29 is 14.7 Å². The molecule has 0 fully saturated rings. The molecule has 0 aromatic carbocycles. The average molecular weight is 216 g/mol. The highest BCUT2D eigenvalue weighted by molar-refractivity contribution is 5.83. The van der Waals surface area contributed by atoms with Crippen molar-refractivity contribution in [2.24, 2.45) is 17.1 Å². The van der Waals surface area contributed by atoms with Gasteiger partial charge in [0.15, 0.2) is 0 Å². The highest BCUT2D eigenvalue weighted by atomic mass is 16.4. The van der Waals surface area contributed by atoms with Crippen LogP contribution in [0.15, 0.2) is 0 Å². The first-order valence-electron chi connectivity index (χ1n) is 4.96. The van der Waals surface area contributed by atoms with Gasteiger partial charge in [0.1, 0.15) is 0 Å². The maximum Gasteiger partial charge on any atom is 0.308 e. The number of hydrogen-bond acceptors (Lipinski definition) is 3. The van der Waals surface area contributed by atoms with Gasteiger partial charge in [-0.2, -0.15) is 0 Å². The molecule has 15 heavy (non-hydrogen) atoms. The van der Waals surface area contributed by atoms with Gasteiger partial charge in [0.05, 0.1) is 11.3 Å². The summed E-state index contributed by atoms with van der Waals surface area (Å²) in [6, 6.07) is -0.402. The van der Waals surface area contributed by atoms with E-state index in [1.54, 1.807) is 27.7 Å². The minimum Gasteiger partial charge on any atom is -0.481 e. The van der Waals surface area contributed by atoms with E-state index in [4.69, 9.17) is 10.8 Å². The third-order valence-electron chi connectivity index (χ3n) is 2.62. The summed E-state index contributed by atoms with van der Waals surface area (Å²) in [4.78, 5) is 22.3. The number of aliphatic carboxylic acids is 1. The van der Waals surface area contributed by atoms with Crippen molar-refractivity contribution in [1.29, 1.82) is 0 Å². The third-order valence-corrected chi connectivity index (χ3v) is 2.62. The second kappa shape index (κ2) is 5.11. The smallest absolute Gasteiger partial charge is 0.308 e. The number of carboxylic acids is 1. The van der Waals surface area contributed by atoms with Crippen LogP contribution in [0.1, 0.15) is 27.7 Å². The molecule has 0 spiro atoms. The van der Waals surface area contributed by atoms with Crippen LogP contribution >= 0.6 is 0 Å². The minimum atomic E-state index is -0.923. The summed E-state index contributed by atoms with van der Waals surface area (Å²) in [7, 11) is 0. The number of carbonyl (C=O) groups excluding carboxylic acids is 1. The van der Waals surface area contributed by atoms with Crippen molar-refractivity contribution in [2.45, 2.75) is 33.7 Å². The van der Waals surface area contributed by atoms with E-state index in [0.29, 0.717) is 0 Å². The minimum absolute atomic E-state index is 0.217. The van der Waals surface area contributed by atoms with E-state index in [2.05, 4.69) is 5.32 Å². The van der Waals surface area contributed by atoms with Gasteiger partial charge in [0.2, 0.25) is 5.91 Å². The first-order valence-corrected chi connectivity index (χ1v) is 4.96. The Morgan fingerprint density at radius 2 is 1.87 bits per heavy atom. The molecule has 0 bridgehead atoms. The number of nitrogens with two attached hydrogens (primary N) is 1. The molecule has 88 valence electrons. The average Bonchev–Trinajstić information content (AvgIpc) is 2.16. The summed E-state index contributed by atoms with van der Waals surface area (Å²) in [6.45, 7) is 6.90. The Bertz CT molecular complexity index is 251. The summed E-state index contributed by atoms with van der Waals surface area (Å²) in [6.07, 6.45) is 0. The quantitative estimate of drug-likeness (QED) is 0.612. The van der Waals surface area contributed by atoms with Crippen LogP contribution < -0.4 is 11.1 Å². The maximum absolute atomic E-state index is 11.6. The van der Waals surface area contributed by atoms with Crippen molar-refractivity contribution >= 4 is 11.9 Å². The molecule has 0 aromatic rings. The molecule has 0 saturated carbocycles. The number of rotatable bonds is 5. The van der Waals surface area contributed by atoms with E-state index in [0.717, 1.165) is 0 Å². The molecule has 4 N–H and O–H groups in total. The predicted octanol–water partition coefficient (Wildman–Crippen LogP) is 0.197. The molecule has 0 rings (SSSR count). The Labute approximate surface area is 90.0 Å². The van der Waals surface area contributed by atoms with Crippen LogP contribution in [0.2, 0.25) is 0 Å². The molecule has 0 aliphatic carbocycles. The van der Waals surface area contributed by atoms with Crippen molar-refractivity contribution in [3.63, 3.8) is 0 Å². The zero-order valence-electron chi connectivity index (χ0n) is 9.70. The maximum atomic E-state index is 11.6. The second-order valence-corrected chi connectivity index (χ2v) is 4.48. The van der Waals surface area contributed by atoms with E-state index in [-0.39, 0.29) is 12.5 Å². The fourth-order valence-corrected chi connectivity index (χ4v) is 0.834. The monoisotopic (exact) mass is 216 g/mol. The Balaban J connectivity index is 4.37. The standard InChI is InChI=1S/C10H20N2O3/c1-6(8(13)14)7(2)12-9(15)10(3,4)5-11/h6-7H,5,11H2,1-4H3,(H,12,15)(H,13,14). The van der Waals surface area contributed by atoms with Crippen LogP contribution in [-0.4, -0.2) is 29.6 Å². The Hall–Kier alpha value is -1.10. The molecule has 0 aliphatic rings. The van der Waals surface area contributed by atoms with Crippen molar-refractivity contribution in [2.75, 3.05) is 6.54 Å². The van der Waals surface area contributed by atoms with Crippen LogP contribution in [0, 0.1) is 11.3 Å². The lowest BCUT2D eigenvalue weighted by Gasteiger charge is -2.25. The Morgan fingerprint density at radius 3 is 2.20 bits per heavy atom. The number of carbonyl (C=O) groups is 2. The largest absolute Gasteiger partial charge is 0.481 e. The summed E-state index contributed by atoms with van der Waals surface area (Å²) >= 11 is 0. The number of amides is 1. The van der Waals surface area contributed by atoms with E-state index in [1.165, 1.54) is 0 Å². The molecule has 0 radical (unpaired) electrons. The van der Waals surface area contributed by atoms with Crippen LogP contribution in [0.3, 0.4) is 0 Å². The van der Waals surface area contributed by atoms with Crippen LogP contribution in [0.4, 0.5) is 0 Å². The lowest BCUT2D eigenvalue weighted by molar-refractivity contribution is -0.142. The lowest BCUT2D eigenvalue weighted by atomic mass is 9.91. The zero-order chi connectivity index (χ0) is 12.2. The highest BCUT2D eigenvalue weighted by Crippen LogP contribution is 2.14. The van der Waals surface area contributed by atoms with Gasteiger partial charge in [-0.3, -0.25) is 9.59 Å². The predicted molar refractivity (Wildman–Crippen MR) is 57.2 cm³/mol. The number of nitrogens with one attached hydrogen (secondary N) is 1. The SMILES string of the molecule is CC(NC(=O)C(C)(C)CN)C(C)C(=O)O. The molecule has 2 unspecified atom stereocenters. The molecule has 1 amide bonds. The van der Waals surface area contributed by atoms with Gasteiger partial charge in [-0.15, -0.1) is 0 Å². The second-order valence-electron chi connectivity index (χ2n) is 4.48. The zero-order valence-corrected chi connectivity index (χ0v) is 9.70. The van der Waals surface area contributed by atoms with Crippen LogP contribution in [0.5, 0.6) is 0 Å². The fourth-order valence-electron chi connectivity index (χ4n) is 0.834. The fraction of sp³-hybridized carbons (Fsp3) is 0.800. The van der Waals surface area contributed by atoms with E-state index in [1.807, 2.05) is 0 Å². The van der Waals surface area contributed by atoms with E-state index < -0.39 is 23.3 Å². The molecule has 2 atom stereocenters. The lowest BCUT2D eigenvalue weighted by Crippen LogP contribution is -2.48. The number of hydrogen-bond donors (Lipinski definition) is 3. The van der Waals surface area contributed by atoms with Gasteiger partial charge in [-0.25, -0.2) is 0 Å². The summed E-state index contributed by atoms with van der Waals surface area (Å²) in [5.74, 6) is -1.75. The van der Waals surface area contributed by atoms with Gasteiger partial charge in [-0.05, 0) is 27.7 Å². The summed E-state index contributed by atoms with van der Waals surface area (Å²) in [5, 5.41) is 11.4. The van der Waals surface area contributed by atoms with E-state index >= 15 is 0 Å². The molecular weight excluding hydrogens is 196 g/mol. The van der Waals surface area contributed by atoms with Crippen molar-refractivity contribution in [1.82, 2.24) is 5.32 Å². The molecule has 0 aliphatic heterocycles. The Kier molecular flexibility index (Phi) is 4.74. The summed E-state index contributed by atoms with van der Waals surface area (Å²) in [5.41, 5.74) is 4.78. The van der Waals surface area contributed by atoms with Crippen LogP contribution in [-0.2, 0) is 9.59 Å². The molecule has 5 nitrogen and oxygen atoms in total. The summed E-state index contributed by atoms with van der Waals surface area (Å²) < 4.78 is 0. The molecule has 0 saturated heterocycles. The normalized spacial score (nSPS) is 15.5. The van der Waals surface area contributed by atoms with Gasteiger partial charge in [0.25, 0.3) is 0 Å². The van der Waals surface area contributed by atoms with Crippen molar-refractivity contribution in [3.05, 3.63) is 0 Å². The topological polar surface area (TPSA) is 92.4 Å². The molecule has 0 heterocycles. The molecule has 5 heteroatoms. The van der Waals surface area contributed by atoms with Gasteiger partial charge in [-0.1, -0.05) is 0 Å². The van der Waals surface area contributed by atoms with Crippen molar-refractivity contribution in [3.8, 4) is 0 Å². The van der Waals surface area contributed by atoms with Gasteiger partial charge < -0.3 is 16.2 Å². The highest BCUT2D eigenvalue weighted by Gasteiger charge is 2.29. The molecular formula is C10H20N2O3. The molecule has 0 aromatic heterocycles. The van der Waals surface area contributed by atoms with Crippen LogP contribution in [0.25, 0.3) is 0 Å². The third kappa shape index (κ3) is 3.87. The Morgan fingerprint density at radius 1 is 1.40 bits per heavy atom. The first kappa shape index (κ1) is 13.9. The van der Waals surface area contributed by atoms with E-state index in [9.17, 15) is 9.59 Å².